The van der Waals surface area contributed by atoms with Crippen LogP contribution in [0.25, 0.3) is 0 Å². The van der Waals surface area contributed by atoms with Crippen molar-refractivity contribution in [3.05, 3.63) is 54.1 Å². The second kappa shape index (κ2) is 5.98. The quantitative estimate of drug-likeness (QED) is 0.911. The number of hydrogen-bond acceptors (Lipinski definition) is 3. The van der Waals surface area contributed by atoms with Crippen molar-refractivity contribution in [3.8, 4) is 0 Å². The molecule has 94 valence electrons. The van der Waals surface area contributed by atoms with Crippen LogP contribution in [0.1, 0.15) is 25.1 Å². The zero-order valence-electron chi connectivity index (χ0n) is 10.1. The fourth-order valence-corrected chi connectivity index (χ4v) is 2.38. The number of pyridine rings is 1. The van der Waals surface area contributed by atoms with Gasteiger partial charge in [0, 0.05) is 22.0 Å². The van der Waals surface area contributed by atoms with Crippen LogP contribution in [0.2, 0.25) is 0 Å². The lowest BCUT2D eigenvalue weighted by Gasteiger charge is -2.08. The molecule has 0 amide bonds. The van der Waals surface area contributed by atoms with Crippen molar-refractivity contribution >= 4 is 11.8 Å². The van der Waals surface area contributed by atoms with E-state index < -0.39 is 0 Å². The van der Waals surface area contributed by atoms with Crippen molar-refractivity contribution < 1.29 is 4.39 Å². The molecule has 2 aromatic rings. The molecule has 1 aromatic heterocycles. The SMILES string of the molecule is CC[C@@H](N)c1ccc(Sc2cccc(F)c2)cn1. The van der Waals surface area contributed by atoms with Gasteiger partial charge in [0.1, 0.15) is 5.82 Å². The van der Waals surface area contributed by atoms with Crippen molar-refractivity contribution in [1.82, 2.24) is 4.98 Å². The predicted octanol–water partition coefficient (Wildman–Crippen LogP) is 3.78. The summed E-state index contributed by atoms with van der Waals surface area (Å²) >= 11 is 1.49. The molecule has 0 saturated heterocycles. The number of benzene rings is 1. The van der Waals surface area contributed by atoms with Gasteiger partial charge in [0.15, 0.2) is 0 Å². The molecule has 2 nitrogen and oxygen atoms in total. The normalized spacial score (nSPS) is 12.4. The average Bonchev–Trinajstić information content (AvgIpc) is 2.39. The van der Waals surface area contributed by atoms with Crippen molar-refractivity contribution in [2.45, 2.75) is 29.2 Å². The summed E-state index contributed by atoms with van der Waals surface area (Å²) in [6.45, 7) is 2.03. The standard InChI is InChI=1S/C14H15FN2S/c1-2-13(16)14-7-6-12(9-17-14)18-11-5-3-4-10(15)8-11/h3-9,13H,2,16H2,1H3/t13-/m1/s1. The Balaban J connectivity index is 2.11. The van der Waals surface area contributed by atoms with Gasteiger partial charge in [-0.05, 0) is 36.8 Å². The zero-order chi connectivity index (χ0) is 13.0. The molecule has 0 fully saturated rings. The van der Waals surface area contributed by atoms with E-state index in [2.05, 4.69) is 4.98 Å². The minimum Gasteiger partial charge on any atom is -0.323 e. The van der Waals surface area contributed by atoms with E-state index in [1.54, 1.807) is 12.3 Å². The number of nitrogens with two attached hydrogens (primary N) is 1. The van der Waals surface area contributed by atoms with Crippen molar-refractivity contribution in [2.24, 2.45) is 5.73 Å². The third-order valence-corrected chi connectivity index (χ3v) is 3.58. The first kappa shape index (κ1) is 13.1. The summed E-state index contributed by atoms with van der Waals surface area (Å²) in [6.07, 6.45) is 2.64. The van der Waals surface area contributed by atoms with E-state index in [0.717, 1.165) is 21.9 Å². The van der Waals surface area contributed by atoms with Crippen molar-refractivity contribution in [3.63, 3.8) is 0 Å². The highest BCUT2D eigenvalue weighted by atomic mass is 32.2. The van der Waals surface area contributed by atoms with E-state index in [4.69, 9.17) is 5.73 Å². The Labute approximate surface area is 110 Å². The van der Waals surface area contributed by atoms with Crippen LogP contribution >= 0.6 is 11.8 Å². The van der Waals surface area contributed by atoms with Crippen molar-refractivity contribution in [1.29, 1.82) is 0 Å². The monoisotopic (exact) mass is 262 g/mol. The summed E-state index contributed by atoms with van der Waals surface area (Å²) in [5.74, 6) is -0.224. The Morgan fingerprint density at radius 2 is 2.11 bits per heavy atom. The van der Waals surface area contributed by atoms with Crippen LogP contribution in [0.3, 0.4) is 0 Å². The summed E-state index contributed by atoms with van der Waals surface area (Å²) < 4.78 is 13.0. The minimum atomic E-state index is -0.224. The first-order chi connectivity index (χ1) is 8.69. The van der Waals surface area contributed by atoms with Crippen LogP contribution in [0.4, 0.5) is 4.39 Å². The predicted molar refractivity (Wildman–Crippen MR) is 72.0 cm³/mol. The molecule has 0 aliphatic heterocycles. The molecule has 4 heteroatoms. The Morgan fingerprint density at radius 1 is 1.28 bits per heavy atom. The molecule has 2 N–H and O–H groups in total. The number of nitrogens with zero attached hydrogens (tertiary/aromatic N) is 1. The first-order valence-electron chi connectivity index (χ1n) is 5.84. The van der Waals surface area contributed by atoms with Gasteiger partial charge in [-0.15, -0.1) is 0 Å². The maximum absolute atomic E-state index is 13.0. The van der Waals surface area contributed by atoms with E-state index in [0.29, 0.717) is 0 Å². The first-order valence-corrected chi connectivity index (χ1v) is 6.65. The summed E-state index contributed by atoms with van der Waals surface area (Å²) in [5, 5.41) is 0. The molecule has 0 unspecified atom stereocenters. The molecular weight excluding hydrogens is 247 g/mol. The third-order valence-electron chi connectivity index (χ3n) is 2.61. The smallest absolute Gasteiger partial charge is 0.124 e. The number of hydrogen-bond donors (Lipinski definition) is 1. The maximum atomic E-state index is 13.0. The molecule has 18 heavy (non-hydrogen) atoms. The van der Waals surface area contributed by atoms with E-state index >= 15 is 0 Å². The summed E-state index contributed by atoms with van der Waals surface area (Å²) in [5.41, 5.74) is 6.79. The molecule has 1 aromatic carbocycles. The second-order valence-electron chi connectivity index (χ2n) is 3.99. The minimum absolute atomic E-state index is 0.0155. The van der Waals surface area contributed by atoms with Crippen LogP contribution in [0.15, 0.2) is 52.4 Å². The zero-order valence-corrected chi connectivity index (χ0v) is 11.0. The van der Waals surface area contributed by atoms with Gasteiger partial charge in [-0.3, -0.25) is 4.98 Å². The summed E-state index contributed by atoms with van der Waals surface area (Å²) in [4.78, 5) is 6.17. The van der Waals surface area contributed by atoms with E-state index in [1.807, 2.05) is 25.1 Å². The fourth-order valence-electron chi connectivity index (χ4n) is 1.55. The molecule has 0 saturated carbocycles. The molecule has 0 spiro atoms. The van der Waals surface area contributed by atoms with Crippen LogP contribution < -0.4 is 5.73 Å². The summed E-state index contributed by atoms with van der Waals surface area (Å²) in [7, 11) is 0. The molecule has 1 atom stereocenters. The summed E-state index contributed by atoms with van der Waals surface area (Å²) in [6, 6.07) is 10.4. The van der Waals surface area contributed by atoms with E-state index in [9.17, 15) is 4.39 Å². The number of aromatic nitrogens is 1. The molecule has 0 bridgehead atoms. The molecule has 0 radical (unpaired) electrons. The van der Waals surface area contributed by atoms with Crippen LogP contribution in [0.5, 0.6) is 0 Å². The Morgan fingerprint density at radius 3 is 2.72 bits per heavy atom. The van der Waals surface area contributed by atoms with Gasteiger partial charge in [0.05, 0.1) is 5.69 Å². The number of halogens is 1. The Bertz CT molecular complexity index is 513. The topological polar surface area (TPSA) is 38.9 Å². The number of rotatable bonds is 4. The Hall–Kier alpha value is -1.39. The molecule has 0 aliphatic carbocycles. The maximum Gasteiger partial charge on any atom is 0.124 e. The molecular formula is C14H15FN2S. The highest BCUT2D eigenvalue weighted by Gasteiger charge is 2.05. The third kappa shape index (κ3) is 3.31. The van der Waals surface area contributed by atoms with Gasteiger partial charge in [0.2, 0.25) is 0 Å². The van der Waals surface area contributed by atoms with E-state index in [-0.39, 0.29) is 11.9 Å². The molecule has 1 heterocycles. The van der Waals surface area contributed by atoms with Gasteiger partial charge >= 0.3 is 0 Å². The largest absolute Gasteiger partial charge is 0.323 e. The van der Waals surface area contributed by atoms with Gasteiger partial charge in [-0.1, -0.05) is 24.8 Å². The lowest BCUT2D eigenvalue weighted by atomic mass is 10.1. The molecule has 0 aliphatic rings. The lowest BCUT2D eigenvalue weighted by molar-refractivity contribution is 0.624. The van der Waals surface area contributed by atoms with Crippen LogP contribution in [0, 0.1) is 5.82 Å². The van der Waals surface area contributed by atoms with Crippen LogP contribution in [-0.2, 0) is 0 Å². The van der Waals surface area contributed by atoms with Gasteiger partial charge in [0.25, 0.3) is 0 Å². The highest BCUT2D eigenvalue weighted by molar-refractivity contribution is 7.99. The van der Waals surface area contributed by atoms with Crippen LogP contribution in [-0.4, -0.2) is 4.98 Å². The van der Waals surface area contributed by atoms with Gasteiger partial charge in [-0.2, -0.15) is 0 Å². The fraction of sp³-hybridized carbons (Fsp3) is 0.214. The lowest BCUT2D eigenvalue weighted by Crippen LogP contribution is -2.10. The Kier molecular flexibility index (Phi) is 4.33. The molecule has 2 rings (SSSR count). The van der Waals surface area contributed by atoms with E-state index in [1.165, 1.54) is 23.9 Å². The van der Waals surface area contributed by atoms with Gasteiger partial charge in [-0.25, -0.2) is 4.39 Å². The average molecular weight is 262 g/mol. The van der Waals surface area contributed by atoms with Gasteiger partial charge < -0.3 is 5.73 Å². The highest BCUT2D eigenvalue weighted by Crippen LogP contribution is 2.27. The van der Waals surface area contributed by atoms with Crippen molar-refractivity contribution in [2.75, 3.05) is 0 Å². The second-order valence-corrected chi connectivity index (χ2v) is 5.14.